The average molecular weight is 356 g/mol. The van der Waals surface area contributed by atoms with Crippen molar-refractivity contribution in [3.8, 4) is 17.5 Å². The molecule has 1 fully saturated rings. The smallest absolute Gasteiger partial charge is 0.277 e. The SMILES string of the molecule is Cc1ccc(-c2nnc(SCC(=O)NC3(C#N)CCCC3)o2)cc1C. The number of nitrogens with zero attached hydrogens (tertiary/aromatic N) is 3. The van der Waals surface area contributed by atoms with Gasteiger partial charge in [-0.05, 0) is 62.8 Å². The predicted molar refractivity (Wildman–Crippen MR) is 94.9 cm³/mol. The number of aromatic nitrogens is 2. The Bertz CT molecular complexity index is 819. The van der Waals surface area contributed by atoms with Gasteiger partial charge in [0.2, 0.25) is 11.8 Å². The zero-order valence-corrected chi connectivity index (χ0v) is 15.2. The Labute approximate surface area is 151 Å². The van der Waals surface area contributed by atoms with E-state index in [-0.39, 0.29) is 11.7 Å². The molecule has 0 bridgehead atoms. The highest BCUT2D eigenvalue weighted by Crippen LogP contribution is 2.29. The van der Waals surface area contributed by atoms with E-state index in [1.54, 1.807) is 0 Å². The van der Waals surface area contributed by atoms with Gasteiger partial charge in [-0.1, -0.05) is 17.8 Å². The summed E-state index contributed by atoms with van der Waals surface area (Å²) in [6.45, 7) is 4.08. The first-order chi connectivity index (χ1) is 12.0. The molecular formula is C18H20N4O2S. The van der Waals surface area contributed by atoms with Crippen molar-refractivity contribution in [1.82, 2.24) is 15.5 Å². The van der Waals surface area contributed by atoms with Crippen LogP contribution < -0.4 is 5.32 Å². The van der Waals surface area contributed by atoms with E-state index in [1.807, 2.05) is 32.0 Å². The van der Waals surface area contributed by atoms with E-state index in [2.05, 4.69) is 21.6 Å². The number of nitrogens with one attached hydrogen (secondary N) is 1. The maximum Gasteiger partial charge on any atom is 0.277 e. The Morgan fingerprint density at radius 1 is 1.32 bits per heavy atom. The number of rotatable bonds is 5. The van der Waals surface area contributed by atoms with Crippen LogP contribution in [0.15, 0.2) is 27.8 Å². The quantitative estimate of drug-likeness (QED) is 0.826. The Morgan fingerprint density at radius 3 is 2.76 bits per heavy atom. The summed E-state index contributed by atoms with van der Waals surface area (Å²) in [5.41, 5.74) is 2.52. The van der Waals surface area contributed by atoms with Crippen molar-refractivity contribution in [1.29, 1.82) is 5.26 Å². The molecule has 1 N–H and O–H groups in total. The van der Waals surface area contributed by atoms with Crippen molar-refractivity contribution in [2.75, 3.05) is 5.75 Å². The van der Waals surface area contributed by atoms with Gasteiger partial charge < -0.3 is 9.73 Å². The molecule has 2 aromatic rings. The highest BCUT2D eigenvalue weighted by Gasteiger charge is 2.35. The van der Waals surface area contributed by atoms with Crippen LogP contribution in [-0.4, -0.2) is 27.4 Å². The first-order valence-corrected chi connectivity index (χ1v) is 9.26. The summed E-state index contributed by atoms with van der Waals surface area (Å²) in [5, 5.41) is 20.5. The van der Waals surface area contributed by atoms with Crippen LogP contribution in [0, 0.1) is 25.2 Å². The molecule has 6 nitrogen and oxygen atoms in total. The fourth-order valence-corrected chi connectivity index (χ4v) is 3.50. The molecule has 1 heterocycles. The Hall–Kier alpha value is -2.33. The van der Waals surface area contributed by atoms with Crippen LogP contribution in [0.3, 0.4) is 0 Å². The topological polar surface area (TPSA) is 91.8 Å². The number of carbonyl (C=O) groups is 1. The number of thioether (sulfide) groups is 1. The van der Waals surface area contributed by atoms with Crippen LogP contribution in [0.2, 0.25) is 0 Å². The van der Waals surface area contributed by atoms with Gasteiger partial charge in [-0.25, -0.2) is 0 Å². The molecule has 130 valence electrons. The number of amides is 1. The minimum Gasteiger partial charge on any atom is -0.411 e. The lowest BCUT2D eigenvalue weighted by atomic mass is 10.0. The summed E-state index contributed by atoms with van der Waals surface area (Å²) in [6, 6.07) is 8.20. The largest absolute Gasteiger partial charge is 0.411 e. The molecule has 1 amide bonds. The van der Waals surface area contributed by atoms with Gasteiger partial charge in [-0.3, -0.25) is 4.79 Å². The number of benzene rings is 1. The Kier molecular flexibility index (Phi) is 5.09. The van der Waals surface area contributed by atoms with Crippen molar-refractivity contribution in [2.45, 2.75) is 50.3 Å². The zero-order valence-electron chi connectivity index (χ0n) is 14.3. The third kappa shape index (κ3) is 4.02. The van der Waals surface area contributed by atoms with Gasteiger partial charge in [0.1, 0.15) is 5.54 Å². The third-order valence-electron chi connectivity index (χ3n) is 4.54. The van der Waals surface area contributed by atoms with Crippen molar-refractivity contribution in [2.24, 2.45) is 0 Å². The third-order valence-corrected chi connectivity index (χ3v) is 5.36. The first-order valence-electron chi connectivity index (χ1n) is 8.27. The molecule has 0 radical (unpaired) electrons. The second-order valence-corrected chi connectivity index (χ2v) is 7.34. The van der Waals surface area contributed by atoms with E-state index in [0.29, 0.717) is 11.1 Å². The minimum absolute atomic E-state index is 0.151. The predicted octanol–water partition coefficient (Wildman–Crippen LogP) is 3.40. The summed E-state index contributed by atoms with van der Waals surface area (Å²) in [7, 11) is 0. The lowest BCUT2D eigenvalue weighted by Crippen LogP contribution is -2.45. The fourth-order valence-electron chi connectivity index (χ4n) is 2.93. The Morgan fingerprint density at radius 2 is 2.08 bits per heavy atom. The number of hydrogen-bond acceptors (Lipinski definition) is 6. The van der Waals surface area contributed by atoms with E-state index >= 15 is 0 Å². The van der Waals surface area contributed by atoms with E-state index < -0.39 is 5.54 Å². The highest BCUT2D eigenvalue weighted by molar-refractivity contribution is 7.99. The maximum atomic E-state index is 12.1. The number of aryl methyl sites for hydroxylation is 2. The summed E-state index contributed by atoms with van der Waals surface area (Å²) in [6.07, 6.45) is 3.39. The highest BCUT2D eigenvalue weighted by atomic mass is 32.2. The van der Waals surface area contributed by atoms with Gasteiger partial charge in [0.25, 0.3) is 5.22 Å². The summed E-state index contributed by atoms with van der Waals surface area (Å²) in [5.74, 6) is 0.410. The van der Waals surface area contributed by atoms with Gasteiger partial charge >= 0.3 is 0 Å². The van der Waals surface area contributed by atoms with Crippen molar-refractivity contribution in [3.05, 3.63) is 29.3 Å². The number of nitriles is 1. The van der Waals surface area contributed by atoms with Gasteiger partial charge in [-0.2, -0.15) is 5.26 Å². The molecule has 0 spiro atoms. The minimum atomic E-state index is -0.697. The standard InChI is InChI=1S/C18H20N4O2S/c1-12-5-6-14(9-13(12)2)16-21-22-17(24-16)25-10-15(23)20-18(11-19)7-3-4-8-18/h5-6,9H,3-4,7-8,10H2,1-2H3,(H,20,23). The second kappa shape index (κ2) is 7.28. The van der Waals surface area contributed by atoms with Crippen LogP contribution in [0.1, 0.15) is 36.8 Å². The molecule has 7 heteroatoms. The van der Waals surface area contributed by atoms with Gasteiger partial charge in [0.15, 0.2) is 0 Å². The molecule has 25 heavy (non-hydrogen) atoms. The molecule has 1 aliphatic rings. The van der Waals surface area contributed by atoms with Crippen LogP contribution in [0.4, 0.5) is 0 Å². The number of carbonyl (C=O) groups excluding carboxylic acids is 1. The molecule has 0 atom stereocenters. The molecule has 1 saturated carbocycles. The van der Waals surface area contributed by atoms with E-state index in [9.17, 15) is 10.1 Å². The lowest BCUT2D eigenvalue weighted by molar-refractivity contribution is -0.119. The van der Waals surface area contributed by atoms with Crippen LogP contribution in [0.25, 0.3) is 11.5 Å². The Balaban J connectivity index is 1.59. The van der Waals surface area contributed by atoms with E-state index in [1.165, 1.54) is 17.3 Å². The van der Waals surface area contributed by atoms with Crippen LogP contribution in [-0.2, 0) is 4.79 Å². The van der Waals surface area contributed by atoms with Gasteiger partial charge in [0, 0.05) is 5.56 Å². The molecule has 1 aliphatic carbocycles. The first kappa shape index (κ1) is 17.5. The molecule has 0 saturated heterocycles. The summed E-state index contributed by atoms with van der Waals surface area (Å²) >= 11 is 1.18. The number of hydrogen-bond donors (Lipinski definition) is 1. The van der Waals surface area contributed by atoms with Crippen molar-refractivity contribution >= 4 is 17.7 Å². The molecule has 0 unspecified atom stereocenters. The van der Waals surface area contributed by atoms with Crippen molar-refractivity contribution in [3.63, 3.8) is 0 Å². The van der Waals surface area contributed by atoms with Crippen molar-refractivity contribution < 1.29 is 9.21 Å². The van der Waals surface area contributed by atoms with E-state index in [0.717, 1.165) is 36.8 Å². The molecule has 0 aliphatic heterocycles. The molecular weight excluding hydrogens is 336 g/mol. The summed E-state index contributed by atoms with van der Waals surface area (Å²) in [4.78, 5) is 12.1. The van der Waals surface area contributed by atoms with E-state index in [4.69, 9.17) is 4.42 Å². The summed E-state index contributed by atoms with van der Waals surface area (Å²) < 4.78 is 5.63. The molecule has 3 rings (SSSR count). The maximum absolute atomic E-state index is 12.1. The molecule has 1 aromatic carbocycles. The van der Waals surface area contributed by atoms with Gasteiger partial charge in [0.05, 0.1) is 11.8 Å². The van der Waals surface area contributed by atoms with Gasteiger partial charge in [-0.15, -0.1) is 10.2 Å². The normalized spacial score (nSPS) is 15.7. The van der Waals surface area contributed by atoms with Crippen LogP contribution in [0.5, 0.6) is 0 Å². The monoisotopic (exact) mass is 356 g/mol. The van der Waals surface area contributed by atoms with Crippen LogP contribution >= 0.6 is 11.8 Å². The lowest BCUT2D eigenvalue weighted by Gasteiger charge is -2.21. The zero-order chi connectivity index (χ0) is 17.9. The molecule has 1 aromatic heterocycles. The average Bonchev–Trinajstić information content (AvgIpc) is 3.25. The fraction of sp³-hybridized carbons (Fsp3) is 0.444. The second-order valence-electron chi connectivity index (χ2n) is 6.41.